The van der Waals surface area contributed by atoms with Crippen molar-refractivity contribution in [2.75, 3.05) is 19.5 Å². The van der Waals surface area contributed by atoms with Gasteiger partial charge in [-0.25, -0.2) is 0 Å². The van der Waals surface area contributed by atoms with Gasteiger partial charge in [-0.3, -0.25) is 0 Å². The first-order valence-corrected chi connectivity index (χ1v) is 5.37. The van der Waals surface area contributed by atoms with Crippen LogP contribution in [-0.4, -0.2) is 30.4 Å². The Bertz CT molecular complexity index is 104. The second kappa shape index (κ2) is 6.73. The van der Waals surface area contributed by atoms with Gasteiger partial charge in [-0.15, -0.1) is 11.6 Å². The standard InChI is InChI=1S/C10H22ClN/c1-9(2)12(4)8-6-10(3)5-7-11/h9-10H,5-8H2,1-4H3. The van der Waals surface area contributed by atoms with Crippen molar-refractivity contribution < 1.29 is 0 Å². The average molecular weight is 192 g/mol. The number of hydrogen-bond acceptors (Lipinski definition) is 1. The highest BCUT2D eigenvalue weighted by molar-refractivity contribution is 6.17. The highest BCUT2D eigenvalue weighted by atomic mass is 35.5. The molecule has 0 fully saturated rings. The minimum absolute atomic E-state index is 0.660. The van der Waals surface area contributed by atoms with Gasteiger partial charge in [0.25, 0.3) is 0 Å². The van der Waals surface area contributed by atoms with Gasteiger partial charge in [0.1, 0.15) is 0 Å². The molecule has 2 heteroatoms. The van der Waals surface area contributed by atoms with Crippen LogP contribution in [0.1, 0.15) is 33.6 Å². The number of rotatable bonds is 6. The van der Waals surface area contributed by atoms with E-state index in [0.29, 0.717) is 6.04 Å². The molecule has 1 nitrogen and oxygen atoms in total. The van der Waals surface area contributed by atoms with E-state index in [2.05, 4.69) is 32.7 Å². The number of alkyl halides is 1. The molecule has 0 N–H and O–H groups in total. The van der Waals surface area contributed by atoms with Gasteiger partial charge in [-0.05, 0) is 46.2 Å². The van der Waals surface area contributed by atoms with E-state index in [1.165, 1.54) is 13.0 Å². The van der Waals surface area contributed by atoms with Crippen LogP contribution in [-0.2, 0) is 0 Å². The van der Waals surface area contributed by atoms with Crippen LogP contribution < -0.4 is 0 Å². The van der Waals surface area contributed by atoms with E-state index in [-0.39, 0.29) is 0 Å². The predicted molar refractivity (Wildman–Crippen MR) is 56.9 cm³/mol. The lowest BCUT2D eigenvalue weighted by Crippen LogP contribution is -2.28. The Hall–Kier alpha value is 0.250. The fraction of sp³-hybridized carbons (Fsp3) is 1.00. The monoisotopic (exact) mass is 191 g/mol. The number of hydrogen-bond donors (Lipinski definition) is 0. The minimum atomic E-state index is 0.660. The van der Waals surface area contributed by atoms with Crippen LogP contribution in [0.25, 0.3) is 0 Å². The molecule has 0 saturated carbocycles. The first-order chi connectivity index (χ1) is 5.57. The third-order valence-corrected chi connectivity index (χ3v) is 2.68. The zero-order valence-electron chi connectivity index (χ0n) is 8.81. The van der Waals surface area contributed by atoms with Crippen LogP contribution in [0.5, 0.6) is 0 Å². The smallest absolute Gasteiger partial charge is 0.0225 e. The highest BCUT2D eigenvalue weighted by Crippen LogP contribution is 2.09. The predicted octanol–water partition coefficient (Wildman–Crippen LogP) is 2.98. The largest absolute Gasteiger partial charge is 0.304 e. The highest BCUT2D eigenvalue weighted by Gasteiger charge is 2.05. The lowest BCUT2D eigenvalue weighted by Gasteiger charge is -2.22. The Kier molecular flexibility index (Phi) is 6.87. The quantitative estimate of drug-likeness (QED) is 0.584. The second-order valence-corrected chi connectivity index (χ2v) is 4.32. The summed E-state index contributed by atoms with van der Waals surface area (Å²) in [5.74, 6) is 1.57. The molecule has 0 aliphatic heterocycles. The maximum atomic E-state index is 5.66. The van der Waals surface area contributed by atoms with Crippen LogP contribution in [0, 0.1) is 5.92 Å². The van der Waals surface area contributed by atoms with Crippen LogP contribution >= 0.6 is 11.6 Å². The molecule has 0 aromatic heterocycles. The van der Waals surface area contributed by atoms with E-state index in [1.807, 2.05) is 0 Å². The molecule has 0 aromatic carbocycles. The minimum Gasteiger partial charge on any atom is -0.304 e. The topological polar surface area (TPSA) is 3.24 Å². The molecule has 0 spiro atoms. The van der Waals surface area contributed by atoms with Gasteiger partial charge in [0.2, 0.25) is 0 Å². The molecular formula is C10H22ClN. The maximum absolute atomic E-state index is 5.66. The number of halogens is 1. The molecule has 0 bridgehead atoms. The zero-order valence-corrected chi connectivity index (χ0v) is 9.56. The SMILES string of the molecule is CC(CCCl)CCN(C)C(C)C. The Labute approximate surface area is 82.1 Å². The van der Waals surface area contributed by atoms with Gasteiger partial charge in [0.15, 0.2) is 0 Å². The van der Waals surface area contributed by atoms with Crippen molar-refractivity contribution >= 4 is 11.6 Å². The average Bonchev–Trinajstić information content (AvgIpc) is 2.00. The molecule has 1 unspecified atom stereocenters. The third-order valence-electron chi connectivity index (χ3n) is 2.46. The third kappa shape index (κ3) is 5.84. The summed E-state index contributed by atoms with van der Waals surface area (Å²) in [6.45, 7) is 7.92. The summed E-state index contributed by atoms with van der Waals surface area (Å²) in [4.78, 5) is 2.38. The maximum Gasteiger partial charge on any atom is 0.0225 e. The Morgan fingerprint density at radius 1 is 1.17 bits per heavy atom. The first kappa shape index (κ1) is 12.2. The summed E-state index contributed by atoms with van der Waals surface area (Å²) in [6.07, 6.45) is 2.41. The summed E-state index contributed by atoms with van der Waals surface area (Å²) >= 11 is 5.66. The molecule has 1 atom stereocenters. The van der Waals surface area contributed by atoms with Crippen LogP contribution in [0.15, 0.2) is 0 Å². The molecule has 0 aliphatic rings. The van der Waals surface area contributed by atoms with E-state index in [1.54, 1.807) is 0 Å². The summed E-state index contributed by atoms with van der Waals surface area (Å²) in [6, 6.07) is 0.660. The molecule has 0 heterocycles. The molecule has 0 aliphatic carbocycles. The van der Waals surface area contributed by atoms with Crippen molar-refractivity contribution in [2.24, 2.45) is 5.92 Å². The van der Waals surface area contributed by atoms with Gasteiger partial charge < -0.3 is 4.90 Å². The van der Waals surface area contributed by atoms with Crippen molar-refractivity contribution in [3.8, 4) is 0 Å². The first-order valence-electron chi connectivity index (χ1n) is 4.84. The van der Waals surface area contributed by atoms with Gasteiger partial charge in [0, 0.05) is 11.9 Å². The normalized spacial score (nSPS) is 14.2. The Morgan fingerprint density at radius 3 is 2.17 bits per heavy atom. The Morgan fingerprint density at radius 2 is 1.75 bits per heavy atom. The van der Waals surface area contributed by atoms with Crippen LogP contribution in [0.2, 0.25) is 0 Å². The summed E-state index contributed by atoms with van der Waals surface area (Å²) < 4.78 is 0. The fourth-order valence-electron chi connectivity index (χ4n) is 1.01. The van der Waals surface area contributed by atoms with Gasteiger partial charge in [0.05, 0.1) is 0 Å². The van der Waals surface area contributed by atoms with E-state index in [9.17, 15) is 0 Å². The van der Waals surface area contributed by atoms with E-state index in [4.69, 9.17) is 11.6 Å². The summed E-state index contributed by atoms with van der Waals surface area (Å²) in [7, 11) is 2.18. The summed E-state index contributed by atoms with van der Waals surface area (Å²) in [5.41, 5.74) is 0. The van der Waals surface area contributed by atoms with Crippen molar-refractivity contribution in [1.82, 2.24) is 4.90 Å². The molecular weight excluding hydrogens is 170 g/mol. The van der Waals surface area contributed by atoms with Crippen LogP contribution in [0.3, 0.4) is 0 Å². The Balaban J connectivity index is 3.40. The molecule has 12 heavy (non-hydrogen) atoms. The molecule has 0 aromatic rings. The van der Waals surface area contributed by atoms with E-state index < -0.39 is 0 Å². The molecule has 0 rings (SSSR count). The second-order valence-electron chi connectivity index (χ2n) is 3.95. The van der Waals surface area contributed by atoms with E-state index >= 15 is 0 Å². The van der Waals surface area contributed by atoms with Gasteiger partial charge >= 0.3 is 0 Å². The molecule has 74 valence electrons. The lowest BCUT2D eigenvalue weighted by atomic mass is 10.0. The van der Waals surface area contributed by atoms with E-state index in [0.717, 1.165) is 18.2 Å². The van der Waals surface area contributed by atoms with Crippen molar-refractivity contribution in [3.05, 3.63) is 0 Å². The fourth-order valence-corrected chi connectivity index (χ4v) is 1.39. The van der Waals surface area contributed by atoms with Crippen LogP contribution in [0.4, 0.5) is 0 Å². The van der Waals surface area contributed by atoms with Gasteiger partial charge in [-0.2, -0.15) is 0 Å². The molecule has 0 amide bonds. The van der Waals surface area contributed by atoms with Gasteiger partial charge in [-0.1, -0.05) is 6.92 Å². The van der Waals surface area contributed by atoms with Crippen molar-refractivity contribution in [2.45, 2.75) is 39.7 Å². The summed E-state index contributed by atoms with van der Waals surface area (Å²) in [5, 5.41) is 0. The number of nitrogens with zero attached hydrogens (tertiary/aromatic N) is 1. The lowest BCUT2D eigenvalue weighted by molar-refractivity contribution is 0.253. The van der Waals surface area contributed by atoms with Crippen molar-refractivity contribution in [3.63, 3.8) is 0 Å². The zero-order chi connectivity index (χ0) is 9.56. The molecule has 0 saturated heterocycles. The molecule has 0 radical (unpaired) electrons. The van der Waals surface area contributed by atoms with Crippen molar-refractivity contribution in [1.29, 1.82) is 0 Å².